The predicted molar refractivity (Wildman–Crippen MR) is 59.5 cm³/mol. The topological polar surface area (TPSA) is 26.3 Å². The Labute approximate surface area is 92.4 Å². The van der Waals surface area contributed by atoms with E-state index in [9.17, 15) is 4.79 Å². The summed E-state index contributed by atoms with van der Waals surface area (Å²) in [4.78, 5) is 11.5. The Bertz CT molecular complexity index is 334. The molecule has 0 bridgehead atoms. The first kappa shape index (κ1) is 11.2. The van der Waals surface area contributed by atoms with Gasteiger partial charge < -0.3 is 4.74 Å². The maximum absolute atomic E-state index is 11.5. The van der Waals surface area contributed by atoms with Gasteiger partial charge in [-0.25, -0.2) is 4.79 Å². The summed E-state index contributed by atoms with van der Waals surface area (Å²) < 4.78 is 5.95. The zero-order valence-corrected chi connectivity index (χ0v) is 9.93. The van der Waals surface area contributed by atoms with E-state index in [-0.39, 0.29) is 5.97 Å². The molecular weight excluding hydrogens is 244 g/mol. The van der Waals surface area contributed by atoms with Gasteiger partial charge in [-0.15, -0.1) is 0 Å². The molecule has 0 aromatic heterocycles. The van der Waals surface area contributed by atoms with E-state index in [4.69, 9.17) is 4.74 Å². The molecule has 0 atom stereocenters. The maximum atomic E-state index is 11.5. The number of ether oxygens (including phenoxy) is 1. The lowest BCUT2D eigenvalue weighted by atomic mass is 10.1. The van der Waals surface area contributed by atoms with Gasteiger partial charge in [0.1, 0.15) is 0 Å². The highest BCUT2D eigenvalue weighted by molar-refractivity contribution is 9.10. The molecule has 0 aliphatic carbocycles. The maximum Gasteiger partial charge on any atom is 0.338 e. The van der Waals surface area contributed by atoms with Crippen LogP contribution in [0.2, 0.25) is 0 Å². The van der Waals surface area contributed by atoms with E-state index in [1.807, 2.05) is 26.0 Å². The molecule has 1 aromatic rings. The molecule has 0 saturated carbocycles. The van der Waals surface area contributed by atoms with E-state index in [1.165, 1.54) is 0 Å². The summed E-state index contributed by atoms with van der Waals surface area (Å²) in [5, 5.41) is 0. The monoisotopic (exact) mass is 256 g/mol. The van der Waals surface area contributed by atoms with Crippen molar-refractivity contribution in [2.75, 3.05) is 6.61 Å². The highest BCUT2D eigenvalue weighted by atomic mass is 79.9. The third-order valence-electron chi connectivity index (χ3n) is 1.86. The molecule has 0 aliphatic heterocycles. The quantitative estimate of drug-likeness (QED) is 0.776. The second-order valence-corrected chi connectivity index (χ2v) is 4.01. The van der Waals surface area contributed by atoms with Crippen molar-refractivity contribution >= 4 is 21.9 Å². The Balaban J connectivity index is 2.83. The standard InChI is InChI=1S/C11H13BrO2/c1-3-6-14-11(13)10-7-9(12)5-4-8(10)2/h4-5,7H,3,6H2,1-2H3. The van der Waals surface area contributed by atoms with E-state index in [2.05, 4.69) is 15.9 Å². The largest absolute Gasteiger partial charge is 0.462 e. The molecule has 0 spiro atoms. The Morgan fingerprint density at radius 1 is 1.50 bits per heavy atom. The van der Waals surface area contributed by atoms with Gasteiger partial charge in [-0.2, -0.15) is 0 Å². The Kier molecular flexibility index (Phi) is 4.14. The number of halogens is 1. The average molecular weight is 257 g/mol. The fourth-order valence-electron chi connectivity index (χ4n) is 1.09. The van der Waals surface area contributed by atoms with Crippen LogP contribution in [0.15, 0.2) is 22.7 Å². The molecule has 14 heavy (non-hydrogen) atoms. The zero-order chi connectivity index (χ0) is 10.6. The van der Waals surface area contributed by atoms with Gasteiger partial charge in [0.2, 0.25) is 0 Å². The summed E-state index contributed by atoms with van der Waals surface area (Å²) in [6.45, 7) is 4.35. The Morgan fingerprint density at radius 3 is 2.86 bits per heavy atom. The van der Waals surface area contributed by atoms with Crippen molar-refractivity contribution < 1.29 is 9.53 Å². The normalized spacial score (nSPS) is 9.93. The third-order valence-corrected chi connectivity index (χ3v) is 2.35. The van der Waals surface area contributed by atoms with E-state index >= 15 is 0 Å². The minimum absolute atomic E-state index is 0.245. The molecule has 0 radical (unpaired) electrons. The number of hydrogen-bond donors (Lipinski definition) is 0. The van der Waals surface area contributed by atoms with Crippen molar-refractivity contribution in [2.45, 2.75) is 20.3 Å². The molecule has 76 valence electrons. The molecule has 0 N–H and O–H groups in total. The zero-order valence-electron chi connectivity index (χ0n) is 8.34. The Morgan fingerprint density at radius 2 is 2.21 bits per heavy atom. The number of rotatable bonds is 3. The van der Waals surface area contributed by atoms with Crippen molar-refractivity contribution in [3.8, 4) is 0 Å². The highest BCUT2D eigenvalue weighted by Crippen LogP contribution is 2.16. The minimum atomic E-state index is -0.245. The molecule has 0 heterocycles. The van der Waals surface area contributed by atoms with Crippen molar-refractivity contribution in [1.29, 1.82) is 0 Å². The van der Waals surface area contributed by atoms with E-state index in [0.717, 1.165) is 16.5 Å². The lowest BCUT2D eigenvalue weighted by Gasteiger charge is -2.06. The SMILES string of the molecule is CCCOC(=O)c1cc(Br)ccc1C. The summed E-state index contributed by atoms with van der Waals surface area (Å²) in [6.07, 6.45) is 0.846. The fourth-order valence-corrected chi connectivity index (χ4v) is 1.45. The van der Waals surface area contributed by atoms with Crippen LogP contribution in [0.4, 0.5) is 0 Å². The molecule has 0 amide bonds. The van der Waals surface area contributed by atoms with Crippen LogP contribution >= 0.6 is 15.9 Å². The molecule has 3 heteroatoms. The van der Waals surface area contributed by atoms with Gasteiger partial charge in [0.05, 0.1) is 12.2 Å². The van der Waals surface area contributed by atoms with Crippen LogP contribution < -0.4 is 0 Å². The van der Waals surface area contributed by atoms with Crippen LogP contribution in [-0.4, -0.2) is 12.6 Å². The van der Waals surface area contributed by atoms with Crippen molar-refractivity contribution in [3.63, 3.8) is 0 Å². The first-order chi connectivity index (χ1) is 6.65. The molecule has 1 rings (SSSR count). The van der Waals surface area contributed by atoms with E-state index in [1.54, 1.807) is 6.07 Å². The van der Waals surface area contributed by atoms with Crippen LogP contribution in [0.3, 0.4) is 0 Å². The average Bonchev–Trinajstić information content (AvgIpc) is 2.18. The van der Waals surface area contributed by atoms with Crippen LogP contribution in [-0.2, 0) is 4.74 Å². The number of aryl methyl sites for hydroxylation is 1. The fraction of sp³-hybridized carbons (Fsp3) is 0.364. The lowest BCUT2D eigenvalue weighted by Crippen LogP contribution is -2.07. The molecule has 2 nitrogen and oxygen atoms in total. The number of esters is 1. The summed E-state index contributed by atoms with van der Waals surface area (Å²) >= 11 is 3.32. The van der Waals surface area contributed by atoms with Crippen LogP contribution in [0.5, 0.6) is 0 Å². The van der Waals surface area contributed by atoms with Gasteiger partial charge in [-0.3, -0.25) is 0 Å². The highest BCUT2D eigenvalue weighted by Gasteiger charge is 2.09. The summed E-state index contributed by atoms with van der Waals surface area (Å²) in [7, 11) is 0. The first-order valence-corrected chi connectivity index (χ1v) is 5.37. The number of carbonyl (C=O) groups is 1. The first-order valence-electron chi connectivity index (χ1n) is 4.58. The second-order valence-electron chi connectivity index (χ2n) is 3.10. The van der Waals surface area contributed by atoms with Crippen molar-refractivity contribution in [3.05, 3.63) is 33.8 Å². The van der Waals surface area contributed by atoms with Crippen LogP contribution in [0, 0.1) is 6.92 Å². The molecule has 0 unspecified atom stereocenters. The van der Waals surface area contributed by atoms with Gasteiger partial charge in [-0.1, -0.05) is 28.9 Å². The minimum Gasteiger partial charge on any atom is -0.462 e. The Hall–Kier alpha value is -0.830. The van der Waals surface area contributed by atoms with Crippen molar-refractivity contribution in [1.82, 2.24) is 0 Å². The van der Waals surface area contributed by atoms with Gasteiger partial charge in [-0.05, 0) is 31.0 Å². The van der Waals surface area contributed by atoms with Gasteiger partial charge in [0.25, 0.3) is 0 Å². The van der Waals surface area contributed by atoms with Crippen LogP contribution in [0.25, 0.3) is 0 Å². The van der Waals surface area contributed by atoms with E-state index in [0.29, 0.717) is 12.2 Å². The summed E-state index contributed by atoms with van der Waals surface area (Å²) in [6, 6.07) is 5.59. The molecule has 1 aromatic carbocycles. The van der Waals surface area contributed by atoms with Crippen molar-refractivity contribution in [2.24, 2.45) is 0 Å². The van der Waals surface area contributed by atoms with Crippen LogP contribution in [0.1, 0.15) is 29.3 Å². The molecular formula is C11H13BrO2. The second kappa shape index (κ2) is 5.15. The van der Waals surface area contributed by atoms with Gasteiger partial charge in [0.15, 0.2) is 0 Å². The number of benzene rings is 1. The molecule has 0 saturated heterocycles. The molecule has 0 aliphatic rings. The van der Waals surface area contributed by atoms with Gasteiger partial charge in [0, 0.05) is 4.47 Å². The van der Waals surface area contributed by atoms with Gasteiger partial charge >= 0.3 is 5.97 Å². The van der Waals surface area contributed by atoms with E-state index < -0.39 is 0 Å². The smallest absolute Gasteiger partial charge is 0.338 e. The third kappa shape index (κ3) is 2.84. The number of carbonyl (C=O) groups excluding carboxylic acids is 1. The summed E-state index contributed by atoms with van der Waals surface area (Å²) in [5.74, 6) is -0.245. The number of hydrogen-bond acceptors (Lipinski definition) is 2. The predicted octanol–water partition coefficient (Wildman–Crippen LogP) is 3.32. The lowest BCUT2D eigenvalue weighted by molar-refractivity contribution is 0.0504. The summed E-state index contributed by atoms with van der Waals surface area (Å²) in [5.41, 5.74) is 1.57. The molecule has 0 fully saturated rings.